The van der Waals surface area contributed by atoms with Gasteiger partial charge < -0.3 is 9.84 Å². The van der Waals surface area contributed by atoms with Crippen molar-refractivity contribution in [2.75, 3.05) is 31.2 Å². The first-order valence-corrected chi connectivity index (χ1v) is 8.54. The summed E-state index contributed by atoms with van der Waals surface area (Å²) in [6.45, 7) is 3.34. The molecule has 2 unspecified atom stereocenters. The average Bonchev–Trinajstić information content (AvgIpc) is 2.63. The number of piperidine rings is 1. The van der Waals surface area contributed by atoms with Gasteiger partial charge >= 0.3 is 5.97 Å². The maximum absolute atomic E-state index is 11.7. The number of likely N-dealkylation sites (tertiary alicyclic amines) is 1. The summed E-state index contributed by atoms with van der Waals surface area (Å²) in [5, 5.41) is 9.87. The zero-order chi connectivity index (χ0) is 14.0. The molecule has 6 nitrogen and oxygen atoms in total. The number of hydrogen-bond acceptors (Lipinski definition) is 6. The van der Waals surface area contributed by atoms with E-state index in [1.54, 1.807) is 6.92 Å². The van der Waals surface area contributed by atoms with Crippen LogP contribution in [-0.2, 0) is 19.4 Å². The quantitative estimate of drug-likeness (QED) is 0.700. The zero-order valence-electron chi connectivity index (χ0n) is 11.1. The van der Waals surface area contributed by atoms with E-state index in [-0.39, 0.29) is 29.4 Å². The van der Waals surface area contributed by atoms with Gasteiger partial charge in [0.25, 0.3) is 0 Å². The van der Waals surface area contributed by atoms with Crippen LogP contribution in [0.1, 0.15) is 19.8 Å². The number of carbonyl (C=O) groups is 1. The van der Waals surface area contributed by atoms with E-state index in [1.807, 2.05) is 4.90 Å². The van der Waals surface area contributed by atoms with Crippen LogP contribution in [0.4, 0.5) is 0 Å². The van der Waals surface area contributed by atoms with Crippen LogP contribution in [0, 0.1) is 5.92 Å². The summed E-state index contributed by atoms with van der Waals surface area (Å²) < 4.78 is 28.1. The maximum Gasteiger partial charge on any atom is 0.310 e. The Morgan fingerprint density at radius 3 is 2.74 bits per heavy atom. The van der Waals surface area contributed by atoms with E-state index in [2.05, 4.69) is 0 Å². The Balaban J connectivity index is 2.00. The SMILES string of the molecule is CCOC(=O)C1CCCN(C2CS(=O)(=O)C[C@H]2O)C1. The van der Waals surface area contributed by atoms with Crippen LogP contribution in [0.3, 0.4) is 0 Å². The number of hydrogen-bond donors (Lipinski definition) is 1. The molecule has 0 bridgehead atoms. The summed E-state index contributed by atoms with van der Waals surface area (Å²) in [5.74, 6) is -0.603. The first-order valence-electron chi connectivity index (χ1n) is 6.72. The van der Waals surface area contributed by atoms with E-state index < -0.39 is 15.9 Å². The minimum atomic E-state index is -3.15. The van der Waals surface area contributed by atoms with E-state index in [1.165, 1.54) is 0 Å². The summed E-state index contributed by atoms with van der Waals surface area (Å²) in [7, 11) is -3.15. The summed E-state index contributed by atoms with van der Waals surface area (Å²) in [5.41, 5.74) is 0. The van der Waals surface area contributed by atoms with Crippen molar-refractivity contribution in [1.82, 2.24) is 4.90 Å². The van der Waals surface area contributed by atoms with Crippen LogP contribution in [0.15, 0.2) is 0 Å². The van der Waals surface area contributed by atoms with Crippen LogP contribution >= 0.6 is 0 Å². The van der Waals surface area contributed by atoms with Crippen molar-refractivity contribution in [3.8, 4) is 0 Å². The molecule has 0 aromatic heterocycles. The van der Waals surface area contributed by atoms with E-state index in [9.17, 15) is 18.3 Å². The zero-order valence-corrected chi connectivity index (χ0v) is 11.9. The lowest BCUT2D eigenvalue weighted by molar-refractivity contribution is -0.150. The number of aliphatic hydroxyl groups is 1. The van der Waals surface area contributed by atoms with E-state index in [4.69, 9.17) is 4.74 Å². The van der Waals surface area contributed by atoms with Crippen molar-refractivity contribution in [3.05, 3.63) is 0 Å². The fraction of sp³-hybridized carbons (Fsp3) is 0.917. The molecular weight excluding hydrogens is 270 g/mol. The van der Waals surface area contributed by atoms with Crippen LogP contribution in [0.2, 0.25) is 0 Å². The highest BCUT2D eigenvalue weighted by Crippen LogP contribution is 2.25. The van der Waals surface area contributed by atoms with E-state index in [0.29, 0.717) is 13.2 Å². The normalized spacial score (nSPS) is 35.2. The van der Waals surface area contributed by atoms with Gasteiger partial charge in [-0.3, -0.25) is 9.69 Å². The second-order valence-electron chi connectivity index (χ2n) is 5.30. The number of esters is 1. The first kappa shape index (κ1) is 14.7. The largest absolute Gasteiger partial charge is 0.466 e. The van der Waals surface area contributed by atoms with Gasteiger partial charge in [-0.25, -0.2) is 8.42 Å². The van der Waals surface area contributed by atoms with Gasteiger partial charge in [0.2, 0.25) is 0 Å². The summed E-state index contributed by atoms with van der Waals surface area (Å²) in [6, 6.07) is -0.373. The monoisotopic (exact) mass is 291 g/mol. The van der Waals surface area contributed by atoms with Gasteiger partial charge in [0, 0.05) is 6.54 Å². The van der Waals surface area contributed by atoms with Crippen molar-refractivity contribution in [2.24, 2.45) is 5.92 Å². The summed E-state index contributed by atoms with van der Waals surface area (Å²) in [6.07, 6.45) is 0.753. The van der Waals surface area contributed by atoms with Crippen LogP contribution in [0.25, 0.3) is 0 Å². The molecule has 1 N–H and O–H groups in total. The van der Waals surface area contributed by atoms with Crippen molar-refractivity contribution in [3.63, 3.8) is 0 Å². The van der Waals surface area contributed by atoms with Crippen molar-refractivity contribution in [2.45, 2.75) is 31.9 Å². The molecule has 2 heterocycles. The predicted molar refractivity (Wildman–Crippen MR) is 69.4 cm³/mol. The van der Waals surface area contributed by atoms with Gasteiger partial charge in [0.05, 0.1) is 36.2 Å². The van der Waals surface area contributed by atoms with Crippen LogP contribution in [-0.4, -0.2) is 67.7 Å². The number of sulfone groups is 1. The molecule has 0 amide bonds. The van der Waals surface area contributed by atoms with Gasteiger partial charge in [-0.2, -0.15) is 0 Å². The fourth-order valence-corrected chi connectivity index (χ4v) is 4.75. The minimum absolute atomic E-state index is 0.0102. The Labute approximate surface area is 113 Å². The minimum Gasteiger partial charge on any atom is -0.466 e. The smallest absolute Gasteiger partial charge is 0.310 e. The molecule has 0 saturated carbocycles. The van der Waals surface area contributed by atoms with E-state index in [0.717, 1.165) is 19.4 Å². The number of nitrogens with zero attached hydrogens (tertiary/aromatic N) is 1. The molecule has 3 atom stereocenters. The topological polar surface area (TPSA) is 83.9 Å². The Kier molecular flexibility index (Phi) is 4.47. The third kappa shape index (κ3) is 3.46. The lowest BCUT2D eigenvalue weighted by Gasteiger charge is -2.36. The molecule has 2 aliphatic heterocycles. The average molecular weight is 291 g/mol. The molecule has 0 spiro atoms. The molecule has 2 rings (SSSR count). The lowest BCUT2D eigenvalue weighted by Crippen LogP contribution is -2.49. The van der Waals surface area contributed by atoms with Gasteiger partial charge in [-0.1, -0.05) is 0 Å². The van der Waals surface area contributed by atoms with Gasteiger partial charge in [0.1, 0.15) is 0 Å². The Morgan fingerprint density at radius 1 is 1.42 bits per heavy atom. The molecule has 2 aliphatic rings. The standard InChI is InChI=1S/C12H21NO5S/c1-2-18-12(15)9-4-3-5-13(6-9)10-7-19(16,17)8-11(10)14/h9-11,14H,2-8H2,1H3/t9?,10?,11-/m1/s1. The van der Waals surface area contributed by atoms with Crippen molar-refractivity contribution in [1.29, 1.82) is 0 Å². The molecule has 2 saturated heterocycles. The lowest BCUT2D eigenvalue weighted by atomic mass is 9.96. The Bertz CT molecular complexity index is 435. The number of ether oxygens (including phenoxy) is 1. The van der Waals surface area contributed by atoms with Gasteiger partial charge in [-0.05, 0) is 26.3 Å². The Hall–Kier alpha value is -0.660. The second-order valence-corrected chi connectivity index (χ2v) is 7.45. The number of rotatable bonds is 3. The second kappa shape index (κ2) is 5.76. The molecule has 19 heavy (non-hydrogen) atoms. The van der Waals surface area contributed by atoms with Crippen molar-refractivity contribution < 1.29 is 23.1 Å². The third-order valence-electron chi connectivity index (χ3n) is 3.84. The maximum atomic E-state index is 11.7. The highest BCUT2D eigenvalue weighted by Gasteiger charge is 2.42. The molecule has 0 aliphatic carbocycles. The van der Waals surface area contributed by atoms with Crippen LogP contribution in [0.5, 0.6) is 0 Å². The molecule has 0 radical (unpaired) electrons. The number of aliphatic hydroxyl groups excluding tert-OH is 1. The van der Waals surface area contributed by atoms with Gasteiger partial charge in [0.15, 0.2) is 9.84 Å². The molecule has 7 heteroatoms. The highest BCUT2D eigenvalue weighted by atomic mass is 32.2. The van der Waals surface area contributed by atoms with Gasteiger partial charge in [-0.15, -0.1) is 0 Å². The molecular formula is C12H21NO5S. The summed E-state index contributed by atoms with van der Waals surface area (Å²) >= 11 is 0. The van der Waals surface area contributed by atoms with Crippen molar-refractivity contribution >= 4 is 15.8 Å². The fourth-order valence-electron chi connectivity index (χ4n) is 2.92. The third-order valence-corrected chi connectivity index (χ3v) is 5.53. The van der Waals surface area contributed by atoms with E-state index >= 15 is 0 Å². The molecule has 110 valence electrons. The highest BCUT2D eigenvalue weighted by molar-refractivity contribution is 7.91. The number of carbonyl (C=O) groups excluding carboxylic acids is 1. The first-order chi connectivity index (χ1) is 8.93. The summed E-state index contributed by atoms with van der Waals surface area (Å²) in [4.78, 5) is 13.7. The van der Waals surface area contributed by atoms with Crippen LogP contribution < -0.4 is 0 Å². The Morgan fingerprint density at radius 2 is 2.16 bits per heavy atom. The predicted octanol–water partition coefficient (Wildman–Crippen LogP) is -0.581. The molecule has 0 aromatic carbocycles. The molecule has 0 aromatic rings. The molecule has 2 fully saturated rings.